The van der Waals surface area contributed by atoms with Crippen molar-refractivity contribution in [3.05, 3.63) is 29.3 Å². The maximum absolute atomic E-state index is 5.52. The van der Waals surface area contributed by atoms with Gasteiger partial charge in [0.25, 0.3) is 0 Å². The van der Waals surface area contributed by atoms with Crippen LogP contribution in [0.3, 0.4) is 0 Å². The molecule has 0 aliphatic carbocycles. The van der Waals surface area contributed by atoms with E-state index >= 15 is 0 Å². The van der Waals surface area contributed by atoms with E-state index in [1.54, 1.807) is 7.11 Å². The van der Waals surface area contributed by atoms with Crippen LogP contribution in [-0.2, 0) is 0 Å². The Morgan fingerprint density at radius 1 is 1.25 bits per heavy atom. The third-order valence-electron chi connectivity index (χ3n) is 2.85. The van der Waals surface area contributed by atoms with Gasteiger partial charge in [0, 0.05) is 18.0 Å². The normalized spacial score (nSPS) is 11.4. The molecule has 2 rings (SSSR count). The standard InChI is InChI=1S/C13H18N2O/c1-8(2)11-7-15-6-9(3)14-10(4)12(15)13(11)16-5/h6-8H,1-5H3. The highest BCUT2D eigenvalue weighted by molar-refractivity contribution is 5.68. The summed E-state index contributed by atoms with van der Waals surface area (Å²) in [6.45, 7) is 8.38. The fourth-order valence-electron chi connectivity index (χ4n) is 2.15. The van der Waals surface area contributed by atoms with Crippen LogP contribution in [-0.4, -0.2) is 16.5 Å². The number of hydrogen-bond acceptors (Lipinski definition) is 2. The van der Waals surface area contributed by atoms with Gasteiger partial charge in [0.1, 0.15) is 11.3 Å². The molecule has 2 heterocycles. The van der Waals surface area contributed by atoms with Crippen LogP contribution in [0.25, 0.3) is 5.52 Å². The molecule has 0 N–H and O–H groups in total. The van der Waals surface area contributed by atoms with Gasteiger partial charge in [0.2, 0.25) is 0 Å². The first-order chi connectivity index (χ1) is 7.54. The molecule has 2 aromatic rings. The molecule has 0 fully saturated rings. The summed E-state index contributed by atoms with van der Waals surface area (Å²) in [5.41, 5.74) is 4.36. The predicted molar refractivity (Wildman–Crippen MR) is 65.3 cm³/mol. The predicted octanol–water partition coefficient (Wildman–Crippen LogP) is 3.08. The fourth-order valence-corrected chi connectivity index (χ4v) is 2.15. The second kappa shape index (κ2) is 3.81. The summed E-state index contributed by atoms with van der Waals surface area (Å²) in [4.78, 5) is 4.48. The SMILES string of the molecule is COc1c(C(C)C)cn2cc(C)nc(C)c12. The first-order valence-electron chi connectivity index (χ1n) is 5.57. The lowest BCUT2D eigenvalue weighted by Crippen LogP contribution is -1.94. The molecule has 0 aliphatic heterocycles. The van der Waals surface area contributed by atoms with Gasteiger partial charge in [-0.3, -0.25) is 4.98 Å². The molecule has 0 spiro atoms. The van der Waals surface area contributed by atoms with Crippen LogP contribution >= 0.6 is 0 Å². The second-order valence-corrected chi connectivity index (χ2v) is 4.50. The lowest BCUT2D eigenvalue weighted by Gasteiger charge is -2.06. The van der Waals surface area contributed by atoms with Crippen molar-refractivity contribution < 1.29 is 4.74 Å². The van der Waals surface area contributed by atoms with E-state index in [1.165, 1.54) is 5.56 Å². The first-order valence-corrected chi connectivity index (χ1v) is 5.57. The third-order valence-corrected chi connectivity index (χ3v) is 2.85. The second-order valence-electron chi connectivity index (χ2n) is 4.50. The number of fused-ring (bicyclic) bond motifs is 1. The van der Waals surface area contributed by atoms with Crippen LogP contribution in [0.15, 0.2) is 12.4 Å². The van der Waals surface area contributed by atoms with E-state index < -0.39 is 0 Å². The fraction of sp³-hybridized carbons (Fsp3) is 0.462. The zero-order valence-electron chi connectivity index (χ0n) is 10.5. The van der Waals surface area contributed by atoms with E-state index in [9.17, 15) is 0 Å². The largest absolute Gasteiger partial charge is 0.494 e. The number of methoxy groups -OCH3 is 1. The Hall–Kier alpha value is -1.51. The molecule has 0 saturated heterocycles. The van der Waals surface area contributed by atoms with Gasteiger partial charge in [-0.1, -0.05) is 13.8 Å². The zero-order valence-corrected chi connectivity index (χ0v) is 10.5. The van der Waals surface area contributed by atoms with Gasteiger partial charge < -0.3 is 9.14 Å². The highest BCUT2D eigenvalue weighted by Crippen LogP contribution is 2.33. The molecule has 3 nitrogen and oxygen atoms in total. The molecule has 0 unspecified atom stereocenters. The van der Waals surface area contributed by atoms with E-state index in [-0.39, 0.29) is 0 Å². The number of rotatable bonds is 2. The minimum absolute atomic E-state index is 0.453. The van der Waals surface area contributed by atoms with E-state index in [4.69, 9.17) is 4.74 Å². The van der Waals surface area contributed by atoms with E-state index in [0.717, 1.165) is 22.7 Å². The molecule has 0 bridgehead atoms. The molecule has 0 aliphatic rings. The van der Waals surface area contributed by atoms with Crippen molar-refractivity contribution in [1.29, 1.82) is 0 Å². The summed E-state index contributed by atoms with van der Waals surface area (Å²) in [5, 5.41) is 0. The number of aryl methyl sites for hydroxylation is 2. The third kappa shape index (κ3) is 1.56. The van der Waals surface area contributed by atoms with Gasteiger partial charge in [-0.25, -0.2) is 0 Å². The lowest BCUT2D eigenvalue weighted by atomic mass is 10.1. The Bertz CT molecular complexity index is 526. The van der Waals surface area contributed by atoms with Crippen LogP contribution < -0.4 is 4.74 Å². The molecule has 0 amide bonds. The summed E-state index contributed by atoms with van der Waals surface area (Å²) in [7, 11) is 1.72. The van der Waals surface area contributed by atoms with Gasteiger partial charge in [-0.2, -0.15) is 0 Å². The van der Waals surface area contributed by atoms with Crippen molar-refractivity contribution in [3.63, 3.8) is 0 Å². The average molecular weight is 218 g/mol. The summed E-state index contributed by atoms with van der Waals surface area (Å²) >= 11 is 0. The Balaban J connectivity index is 2.82. The van der Waals surface area contributed by atoms with Gasteiger partial charge in [0.15, 0.2) is 0 Å². The van der Waals surface area contributed by atoms with Crippen molar-refractivity contribution in [1.82, 2.24) is 9.38 Å². The number of ether oxygens (including phenoxy) is 1. The molecule has 2 aromatic heterocycles. The molecule has 3 heteroatoms. The maximum Gasteiger partial charge on any atom is 0.149 e. The summed E-state index contributed by atoms with van der Waals surface area (Å²) < 4.78 is 7.64. The minimum Gasteiger partial charge on any atom is -0.494 e. The Kier molecular flexibility index (Phi) is 2.62. The van der Waals surface area contributed by atoms with Gasteiger partial charge >= 0.3 is 0 Å². The van der Waals surface area contributed by atoms with Crippen LogP contribution in [0.4, 0.5) is 0 Å². The van der Waals surface area contributed by atoms with Crippen LogP contribution in [0.1, 0.15) is 36.7 Å². The van der Waals surface area contributed by atoms with Crippen LogP contribution in [0.5, 0.6) is 5.75 Å². The topological polar surface area (TPSA) is 26.5 Å². The smallest absolute Gasteiger partial charge is 0.149 e. The van der Waals surface area contributed by atoms with Crippen molar-refractivity contribution in [2.45, 2.75) is 33.6 Å². The summed E-state index contributed by atoms with van der Waals surface area (Å²) in [6, 6.07) is 0. The highest BCUT2D eigenvalue weighted by Gasteiger charge is 2.16. The van der Waals surface area contributed by atoms with E-state index in [1.807, 2.05) is 20.0 Å². The van der Waals surface area contributed by atoms with Gasteiger partial charge in [-0.05, 0) is 19.8 Å². The monoisotopic (exact) mass is 218 g/mol. The molecule has 0 saturated carbocycles. The number of hydrogen-bond donors (Lipinski definition) is 0. The Labute approximate surface area is 96.1 Å². The zero-order chi connectivity index (χ0) is 11.9. The molecular weight excluding hydrogens is 200 g/mol. The van der Waals surface area contributed by atoms with Gasteiger partial charge in [-0.15, -0.1) is 0 Å². The number of aromatic nitrogens is 2. The van der Waals surface area contributed by atoms with Crippen LogP contribution in [0, 0.1) is 13.8 Å². The molecular formula is C13H18N2O. The van der Waals surface area contributed by atoms with E-state index in [2.05, 4.69) is 29.4 Å². The average Bonchev–Trinajstić information content (AvgIpc) is 2.56. The first kappa shape index (κ1) is 11.0. The van der Waals surface area contributed by atoms with Crippen molar-refractivity contribution >= 4 is 5.52 Å². The molecule has 86 valence electrons. The van der Waals surface area contributed by atoms with Crippen molar-refractivity contribution in [3.8, 4) is 5.75 Å². The quantitative estimate of drug-likeness (QED) is 0.774. The maximum atomic E-state index is 5.52. The van der Waals surface area contributed by atoms with Crippen molar-refractivity contribution in [2.24, 2.45) is 0 Å². The molecule has 0 aromatic carbocycles. The van der Waals surface area contributed by atoms with E-state index in [0.29, 0.717) is 5.92 Å². The van der Waals surface area contributed by atoms with Gasteiger partial charge in [0.05, 0.1) is 18.5 Å². The highest BCUT2D eigenvalue weighted by atomic mass is 16.5. The molecule has 0 radical (unpaired) electrons. The van der Waals surface area contributed by atoms with Crippen LogP contribution in [0.2, 0.25) is 0 Å². The molecule has 16 heavy (non-hydrogen) atoms. The Morgan fingerprint density at radius 2 is 1.94 bits per heavy atom. The minimum atomic E-state index is 0.453. The van der Waals surface area contributed by atoms with Crippen molar-refractivity contribution in [2.75, 3.05) is 7.11 Å². The molecule has 0 atom stereocenters. The summed E-state index contributed by atoms with van der Waals surface area (Å²) in [5.74, 6) is 1.41. The lowest BCUT2D eigenvalue weighted by molar-refractivity contribution is 0.413. The Morgan fingerprint density at radius 3 is 2.50 bits per heavy atom. The summed E-state index contributed by atoms with van der Waals surface area (Å²) in [6.07, 6.45) is 4.18. The number of nitrogens with zero attached hydrogens (tertiary/aromatic N) is 2.